The number of hydrogen-bond donors (Lipinski definition) is 3. The minimum absolute atomic E-state index is 0.0543. The molecule has 0 saturated carbocycles. The molecule has 3 N–H and O–H groups in total. The SMILES string of the molecule is CCc1nnc(NC(=O)NCC(CC)C(=O)O)nc1CC. The van der Waals surface area contributed by atoms with E-state index in [9.17, 15) is 9.59 Å². The zero-order chi connectivity index (χ0) is 15.8. The molecule has 8 heteroatoms. The molecule has 8 nitrogen and oxygen atoms in total. The number of carbonyl (C=O) groups excluding carboxylic acids is 1. The molecule has 1 atom stereocenters. The Labute approximate surface area is 123 Å². The van der Waals surface area contributed by atoms with Gasteiger partial charge in [-0.2, -0.15) is 0 Å². The second-order valence-corrected chi connectivity index (χ2v) is 4.51. The Morgan fingerprint density at radius 3 is 2.33 bits per heavy atom. The molecule has 0 fully saturated rings. The Bertz CT molecular complexity index is 507. The van der Waals surface area contributed by atoms with Crippen molar-refractivity contribution in [2.75, 3.05) is 11.9 Å². The Kier molecular flexibility index (Phi) is 6.51. The molecule has 116 valence electrons. The van der Waals surface area contributed by atoms with Crippen molar-refractivity contribution in [2.45, 2.75) is 40.0 Å². The van der Waals surface area contributed by atoms with Gasteiger partial charge in [-0.05, 0) is 19.3 Å². The van der Waals surface area contributed by atoms with Crippen LogP contribution in [0.15, 0.2) is 0 Å². The first-order valence-corrected chi connectivity index (χ1v) is 7.01. The van der Waals surface area contributed by atoms with E-state index < -0.39 is 17.9 Å². The van der Waals surface area contributed by atoms with E-state index in [1.165, 1.54) is 0 Å². The summed E-state index contributed by atoms with van der Waals surface area (Å²) in [7, 11) is 0. The fourth-order valence-corrected chi connectivity index (χ4v) is 1.76. The number of rotatable bonds is 7. The van der Waals surface area contributed by atoms with Crippen LogP contribution in [-0.4, -0.2) is 38.8 Å². The molecular formula is C13H21N5O3. The summed E-state index contributed by atoms with van der Waals surface area (Å²) in [6.45, 7) is 5.72. The molecule has 0 radical (unpaired) electrons. The van der Waals surface area contributed by atoms with Gasteiger partial charge >= 0.3 is 12.0 Å². The van der Waals surface area contributed by atoms with Crippen molar-refractivity contribution in [1.82, 2.24) is 20.5 Å². The summed E-state index contributed by atoms with van der Waals surface area (Å²) in [4.78, 5) is 26.8. The maximum atomic E-state index is 11.7. The zero-order valence-corrected chi connectivity index (χ0v) is 12.5. The molecular weight excluding hydrogens is 274 g/mol. The Balaban J connectivity index is 2.60. The van der Waals surface area contributed by atoms with Crippen molar-refractivity contribution in [3.05, 3.63) is 11.4 Å². The van der Waals surface area contributed by atoms with Gasteiger partial charge in [-0.15, -0.1) is 10.2 Å². The first-order chi connectivity index (χ1) is 10.0. The fourth-order valence-electron chi connectivity index (χ4n) is 1.76. The standard InChI is InChI=1S/C13H21N5O3/c1-4-8(11(19)20)7-14-13(21)16-12-15-9(5-2)10(6-3)17-18-12/h8H,4-7H2,1-3H3,(H,19,20)(H2,14,15,16,18,21). The second kappa shape index (κ2) is 8.13. The van der Waals surface area contributed by atoms with E-state index in [0.29, 0.717) is 12.8 Å². The summed E-state index contributed by atoms with van der Waals surface area (Å²) >= 11 is 0. The maximum Gasteiger partial charge on any atom is 0.321 e. The normalized spacial score (nSPS) is 11.8. The summed E-state index contributed by atoms with van der Waals surface area (Å²) in [6, 6.07) is -0.539. The third-order valence-corrected chi connectivity index (χ3v) is 3.09. The van der Waals surface area contributed by atoms with E-state index in [0.717, 1.165) is 17.8 Å². The van der Waals surface area contributed by atoms with Gasteiger partial charge in [0.2, 0.25) is 0 Å². The molecule has 0 aliphatic heterocycles. The van der Waals surface area contributed by atoms with E-state index in [-0.39, 0.29) is 12.5 Å². The first-order valence-electron chi connectivity index (χ1n) is 7.01. The average Bonchev–Trinajstić information content (AvgIpc) is 2.47. The van der Waals surface area contributed by atoms with Crippen LogP contribution in [0.4, 0.5) is 10.7 Å². The van der Waals surface area contributed by atoms with Crippen LogP contribution < -0.4 is 10.6 Å². The molecule has 0 aliphatic carbocycles. The number of urea groups is 1. The van der Waals surface area contributed by atoms with Gasteiger partial charge in [-0.3, -0.25) is 10.1 Å². The van der Waals surface area contributed by atoms with Crippen LogP contribution in [0.3, 0.4) is 0 Å². The number of carboxylic acid groups (broad SMARTS) is 1. The molecule has 1 unspecified atom stereocenters. The lowest BCUT2D eigenvalue weighted by Crippen LogP contribution is -2.36. The van der Waals surface area contributed by atoms with Crippen molar-refractivity contribution in [1.29, 1.82) is 0 Å². The summed E-state index contributed by atoms with van der Waals surface area (Å²) < 4.78 is 0. The summed E-state index contributed by atoms with van der Waals surface area (Å²) in [5, 5.41) is 21.7. The minimum Gasteiger partial charge on any atom is -0.481 e. The van der Waals surface area contributed by atoms with E-state index in [2.05, 4.69) is 25.8 Å². The number of carbonyl (C=O) groups is 2. The number of aryl methyl sites for hydroxylation is 2. The van der Waals surface area contributed by atoms with Gasteiger partial charge in [0.05, 0.1) is 17.3 Å². The topological polar surface area (TPSA) is 117 Å². The Morgan fingerprint density at radius 2 is 1.81 bits per heavy atom. The molecule has 1 rings (SSSR count). The van der Waals surface area contributed by atoms with Crippen molar-refractivity contribution in [3.63, 3.8) is 0 Å². The van der Waals surface area contributed by atoms with Crippen molar-refractivity contribution < 1.29 is 14.7 Å². The third kappa shape index (κ3) is 4.97. The smallest absolute Gasteiger partial charge is 0.321 e. The van der Waals surface area contributed by atoms with E-state index in [4.69, 9.17) is 5.11 Å². The molecule has 2 amide bonds. The lowest BCUT2D eigenvalue weighted by molar-refractivity contribution is -0.141. The number of anilines is 1. The number of carboxylic acids is 1. The lowest BCUT2D eigenvalue weighted by atomic mass is 10.1. The van der Waals surface area contributed by atoms with Crippen LogP contribution in [0, 0.1) is 5.92 Å². The molecule has 1 heterocycles. The lowest BCUT2D eigenvalue weighted by Gasteiger charge is -2.11. The van der Waals surface area contributed by atoms with E-state index in [1.54, 1.807) is 6.92 Å². The quantitative estimate of drug-likeness (QED) is 0.696. The number of aromatic nitrogens is 3. The van der Waals surface area contributed by atoms with Crippen LogP contribution in [0.2, 0.25) is 0 Å². The highest BCUT2D eigenvalue weighted by molar-refractivity contribution is 5.87. The minimum atomic E-state index is -0.934. The summed E-state index contributed by atoms with van der Waals surface area (Å²) in [6.07, 6.45) is 1.87. The summed E-state index contributed by atoms with van der Waals surface area (Å²) in [5.74, 6) is -1.43. The van der Waals surface area contributed by atoms with Crippen LogP contribution in [0.25, 0.3) is 0 Å². The molecule has 0 aliphatic rings. The first kappa shape index (κ1) is 16.8. The van der Waals surface area contributed by atoms with Crippen LogP contribution in [0.1, 0.15) is 38.6 Å². The van der Waals surface area contributed by atoms with Gasteiger partial charge in [0.15, 0.2) is 0 Å². The van der Waals surface area contributed by atoms with Gasteiger partial charge in [-0.1, -0.05) is 20.8 Å². The fraction of sp³-hybridized carbons (Fsp3) is 0.615. The van der Waals surface area contributed by atoms with Gasteiger partial charge in [0, 0.05) is 6.54 Å². The van der Waals surface area contributed by atoms with Gasteiger partial charge in [-0.25, -0.2) is 9.78 Å². The maximum absolute atomic E-state index is 11.7. The predicted octanol–water partition coefficient (Wildman–Crippen LogP) is 1.23. The largest absolute Gasteiger partial charge is 0.481 e. The Hall–Kier alpha value is -2.25. The molecule has 0 saturated heterocycles. The number of hydrogen-bond acceptors (Lipinski definition) is 5. The van der Waals surface area contributed by atoms with Gasteiger partial charge < -0.3 is 10.4 Å². The molecule has 1 aromatic heterocycles. The molecule has 0 spiro atoms. The van der Waals surface area contributed by atoms with E-state index >= 15 is 0 Å². The zero-order valence-electron chi connectivity index (χ0n) is 12.5. The molecule has 0 aromatic carbocycles. The van der Waals surface area contributed by atoms with Crippen LogP contribution in [-0.2, 0) is 17.6 Å². The highest BCUT2D eigenvalue weighted by Gasteiger charge is 2.16. The molecule has 1 aromatic rings. The van der Waals surface area contributed by atoms with Crippen molar-refractivity contribution in [2.24, 2.45) is 5.92 Å². The van der Waals surface area contributed by atoms with Crippen LogP contribution in [0.5, 0.6) is 0 Å². The summed E-state index contributed by atoms with van der Waals surface area (Å²) in [5.41, 5.74) is 1.60. The molecule has 0 bridgehead atoms. The van der Waals surface area contributed by atoms with Gasteiger partial charge in [0.1, 0.15) is 0 Å². The third-order valence-electron chi connectivity index (χ3n) is 3.09. The van der Waals surface area contributed by atoms with Gasteiger partial charge in [0.25, 0.3) is 5.95 Å². The molecule has 21 heavy (non-hydrogen) atoms. The van der Waals surface area contributed by atoms with Crippen molar-refractivity contribution >= 4 is 17.9 Å². The average molecular weight is 295 g/mol. The number of nitrogens with one attached hydrogen (secondary N) is 2. The highest BCUT2D eigenvalue weighted by Crippen LogP contribution is 2.06. The highest BCUT2D eigenvalue weighted by atomic mass is 16.4. The number of aliphatic carboxylic acids is 1. The monoisotopic (exact) mass is 295 g/mol. The van der Waals surface area contributed by atoms with Crippen molar-refractivity contribution in [3.8, 4) is 0 Å². The second-order valence-electron chi connectivity index (χ2n) is 4.51. The number of amides is 2. The van der Waals surface area contributed by atoms with E-state index in [1.807, 2.05) is 13.8 Å². The predicted molar refractivity (Wildman–Crippen MR) is 77.0 cm³/mol. The number of nitrogens with zero attached hydrogens (tertiary/aromatic N) is 3. The van der Waals surface area contributed by atoms with Crippen LogP contribution >= 0.6 is 0 Å². The Morgan fingerprint density at radius 1 is 1.14 bits per heavy atom.